The molecule has 6 heteroatoms. The summed E-state index contributed by atoms with van der Waals surface area (Å²) < 4.78 is 5.42. The molecule has 2 aromatic heterocycles. The highest BCUT2D eigenvalue weighted by Crippen LogP contribution is 2.28. The number of thiazole rings is 1. The van der Waals surface area contributed by atoms with Crippen LogP contribution in [0.2, 0.25) is 0 Å². The highest BCUT2D eigenvalue weighted by atomic mass is 32.1. The number of hydrogen-bond acceptors (Lipinski definition) is 5. The number of amides is 1. The van der Waals surface area contributed by atoms with Gasteiger partial charge in [0.15, 0.2) is 0 Å². The maximum atomic E-state index is 12.9. The minimum absolute atomic E-state index is 0.0502. The SMILES string of the molecule is COc1ccc(C)cc1CN(C)C(=O)c1sc(-c2ccccn2)nc1C. The molecule has 0 aliphatic rings. The van der Waals surface area contributed by atoms with Gasteiger partial charge in [0.2, 0.25) is 0 Å². The standard InChI is InChI=1S/C20H21N3O2S/c1-13-8-9-17(25-4)15(11-13)12-23(3)20(24)18-14(2)22-19(26-18)16-7-5-6-10-21-16/h5-11H,12H2,1-4H3. The fourth-order valence-electron chi connectivity index (χ4n) is 2.73. The minimum Gasteiger partial charge on any atom is -0.496 e. The van der Waals surface area contributed by atoms with E-state index in [1.807, 2.05) is 50.2 Å². The second kappa shape index (κ2) is 7.66. The van der Waals surface area contributed by atoms with Gasteiger partial charge in [-0.2, -0.15) is 0 Å². The number of ether oxygens (including phenoxy) is 1. The third kappa shape index (κ3) is 3.75. The number of rotatable bonds is 5. The molecule has 0 unspecified atom stereocenters. The largest absolute Gasteiger partial charge is 0.496 e. The normalized spacial score (nSPS) is 10.6. The lowest BCUT2D eigenvalue weighted by Crippen LogP contribution is -2.26. The summed E-state index contributed by atoms with van der Waals surface area (Å²) in [5.41, 5.74) is 3.62. The Balaban J connectivity index is 1.83. The van der Waals surface area contributed by atoms with Gasteiger partial charge in [0.05, 0.1) is 18.5 Å². The van der Waals surface area contributed by atoms with Crippen LogP contribution in [0.5, 0.6) is 5.75 Å². The van der Waals surface area contributed by atoms with Crippen LogP contribution in [-0.4, -0.2) is 34.9 Å². The summed E-state index contributed by atoms with van der Waals surface area (Å²) in [5.74, 6) is 0.733. The van der Waals surface area contributed by atoms with Crippen LogP contribution >= 0.6 is 11.3 Å². The van der Waals surface area contributed by atoms with E-state index in [2.05, 4.69) is 9.97 Å². The number of carbonyl (C=O) groups excluding carboxylic acids is 1. The molecule has 0 saturated heterocycles. The molecule has 1 aromatic carbocycles. The van der Waals surface area contributed by atoms with Gasteiger partial charge in [-0.25, -0.2) is 4.98 Å². The summed E-state index contributed by atoms with van der Waals surface area (Å²) in [6.07, 6.45) is 1.73. The second-order valence-electron chi connectivity index (χ2n) is 6.13. The fraction of sp³-hybridized carbons (Fsp3) is 0.250. The van der Waals surface area contributed by atoms with Gasteiger partial charge < -0.3 is 9.64 Å². The molecule has 3 aromatic rings. The lowest BCUT2D eigenvalue weighted by atomic mass is 10.1. The molecule has 26 heavy (non-hydrogen) atoms. The quantitative estimate of drug-likeness (QED) is 0.681. The van der Waals surface area contributed by atoms with Crippen molar-refractivity contribution in [3.05, 3.63) is 64.3 Å². The maximum absolute atomic E-state index is 12.9. The lowest BCUT2D eigenvalue weighted by molar-refractivity contribution is 0.0788. The smallest absolute Gasteiger partial charge is 0.265 e. The van der Waals surface area contributed by atoms with Crippen molar-refractivity contribution in [1.29, 1.82) is 0 Å². The number of methoxy groups -OCH3 is 1. The Morgan fingerprint density at radius 2 is 2.04 bits per heavy atom. The topological polar surface area (TPSA) is 55.3 Å². The third-order valence-corrected chi connectivity index (χ3v) is 5.23. The van der Waals surface area contributed by atoms with E-state index in [1.54, 1.807) is 25.3 Å². The minimum atomic E-state index is -0.0502. The van der Waals surface area contributed by atoms with Crippen LogP contribution in [0.1, 0.15) is 26.5 Å². The molecule has 0 saturated carbocycles. The van der Waals surface area contributed by atoms with Crippen LogP contribution in [0.3, 0.4) is 0 Å². The summed E-state index contributed by atoms with van der Waals surface area (Å²) in [7, 11) is 3.44. The molecule has 0 aliphatic heterocycles. The summed E-state index contributed by atoms with van der Waals surface area (Å²) in [6.45, 7) is 4.36. The van der Waals surface area contributed by atoms with Gasteiger partial charge in [0.1, 0.15) is 15.6 Å². The molecule has 0 atom stereocenters. The second-order valence-corrected chi connectivity index (χ2v) is 7.12. The average molecular weight is 367 g/mol. The summed E-state index contributed by atoms with van der Waals surface area (Å²) in [6, 6.07) is 11.6. The Morgan fingerprint density at radius 3 is 2.73 bits per heavy atom. The van der Waals surface area contributed by atoms with Crippen LogP contribution < -0.4 is 4.74 Å². The molecule has 0 fully saturated rings. The molecule has 3 rings (SSSR count). The highest BCUT2D eigenvalue weighted by Gasteiger charge is 2.21. The van der Waals surface area contributed by atoms with E-state index >= 15 is 0 Å². The van der Waals surface area contributed by atoms with E-state index in [4.69, 9.17) is 4.74 Å². The van der Waals surface area contributed by atoms with Crippen LogP contribution in [0.15, 0.2) is 42.6 Å². The van der Waals surface area contributed by atoms with Crippen molar-refractivity contribution in [2.45, 2.75) is 20.4 Å². The average Bonchev–Trinajstić information content (AvgIpc) is 3.03. The molecule has 0 radical (unpaired) electrons. The van der Waals surface area contributed by atoms with Gasteiger partial charge in [-0.1, -0.05) is 23.8 Å². The van der Waals surface area contributed by atoms with E-state index in [1.165, 1.54) is 11.3 Å². The molecule has 134 valence electrons. The molecular weight excluding hydrogens is 346 g/mol. The number of benzene rings is 1. The molecule has 0 bridgehead atoms. The maximum Gasteiger partial charge on any atom is 0.265 e. The van der Waals surface area contributed by atoms with Gasteiger partial charge in [0, 0.05) is 25.4 Å². The summed E-state index contributed by atoms with van der Waals surface area (Å²) in [5, 5.41) is 0.757. The third-order valence-electron chi connectivity index (χ3n) is 4.06. The van der Waals surface area contributed by atoms with Crippen LogP contribution in [-0.2, 0) is 6.54 Å². The molecule has 0 spiro atoms. The Morgan fingerprint density at radius 1 is 1.23 bits per heavy atom. The first kappa shape index (κ1) is 18.1. The molecule has 0 aliphatic carbocycles. The Bertz CT molecular complexity index is 922. The van der Waals surface area contributed by atoms with Crippen molar-refractivity contribution in [3.63, 3.8) is 0 Å². The van der Waals surface area contributed by atoms with Gasteiger partial charge in [-0.15, -0.1) is 11.3 Å². The first-order valence-electron chi connectivity index (χ1n) is 8.27. The van der Waals surface area contributed by atoms with Crippen molar-refractivity contribution in [1.82, 2.24) is 14.9 Å². The van der Waals surface area contributed by atoms with Gasteiger partial charge in [-0.3, -0.25) is 9.78 Å². The highest BCUT2D eigenvalue weighted by molar-refractivity contribution is 7.17. The van der Waals surface area contributed by atoms with E-state index in [0.717, 1.165) is 33.3 Å². The Labute approximate surface area is 157 Å². The number of pyridine rings is 1. The first-order chi connectivity index (χ1) is 12.5. The van der Waals surface area contributed by atoms with Crippen LogP contribution in [0, 0.1) is 13.8 Å². The molecule has 2 heterocycles. The summed E-state index contributed by atoms with van der Waals surface area (Å²) in [4.78, 5) is 24.1. The van der Waals surface area contributed by atoms with Gasteiger partial charge in [-0.05, 0) is 32.0 Å². The predicted octanol–water partition coefficient (Wildman–Crippen LogP) is 4.10. The van der Waals surface area contributed by atoms with Crippen molar-refractivity contribution < 1.29 is 9.53 Å². The van der Waals surface area contributed by atoms with E-state index in [-0.39, 0.29) is 5.91 Å². The van der Waals surface area contributed by atoms with Crippen molar-refractivity contribution in [3.8, 4) is 16.5 Å². The molecular formula is C20H21N3O2S. The number of carbonyl (C=O) groups is 1. The van der Waals surface area contributed by atoms with Crippen LogP contribution in [0.4, 0.5) is 0 Å². The van der Waals surface area contributed by atoms with Crippen molar-refractivity contribution in [2.24, 2.45) is 0 Å². The number of nitrogens with zero attached hydrogens (tertiary/aromatic N) is 3. The zero-order valence-electron chi connectivity index (χ0n) is 15.3. The number of hydrogen-bond donors (Lipinski definition) is 0. The number of aryl methyl sites for hydroxylation is 2. The molecule has 1 amide bonds. The Hall–Kier alpha value is -2.73. The zero-order valence-corrected chi connectivity index (χ0v) is 16.1. The first-order valence-corrected chi connectivity index (χ1v) is 9.09. The zero-order chi connectivity index (χ0) is 18.7. The summed E-state index contributed by atoms with van der Waals surface area (Å²) >= 11 is 1.38. The van der Waals surface area contributed by atoms with Crippen molar-refractivity contribution in [2.75, 3.05) is 14.2 Å². The van der Waals surface area contributed by atoms with Crippen molar-refractivity contribution >= 4 is 17.2 Å². The van der Waals surface area contributed by atoms with Gasteiger partial charge in [0.25, 0.3) is 5.91 Å². The fourth-order valence-corrected chi connectivity index (χ4v) is 3.76. The van der Waals surface area contributed by atoms with E-state index < -0.39 is 0 Å². The monoisotopic (exact) mass is 367 g/mol. The van der Waals surface area contributed by atoms with Gasteiger partial charge >= 0.3 is 0 Å². The predicted molar refractivity (Wildman–Crippen MR) is 104 cm³/mol. The molecule has 0 N–H and O–H groups in total. The Kier molecular flexibility index (Phi) is 5.32. The lowest BCUT2D eigenvalue weighted by Gasteiger charge is -2.18. The van der Waals surface area contributed by atoms with Crippen LogP contribution in [0.25, 0.3) is 10.7 Å². The van der Waals surface area contributed by atoms with E-state index in [9.17, 15) is 4.79 Å². The molecule has 5 nitrogen and oxygen atoms in total. The number of aromatic nitrogens is 2. The van der Waals surface area contributed by atoms with E-state index in [0.29, 0.717) is 11.4 Å².